The molecule has 1 unspecified atom stereocenters. The lowest BCUT2D eigenvalue weighted by molar-refractivity contribution is -0.137. The van der Waals surface area contributed by atoms with Crippen molar-refractivity contribution in [2.75, 3.05) is 19.6 Å². The van der Waals surface area contributed by atoms with Crippen molar-refractivity contribution >= 4 is 11.8 Å². The summed E-state index contributed by atoms with van der Waals surface area (Å²) in [6.45, 7) is 3.59. The first kappa shape index (κ1) is 15.3. The summed E-state index contributed by atoms with van der Waals surface area (Å²) < 4.78 is 0. The predicted octanol–water partition coefficient (Wildman–Crippen LogP) is 1.04. The Kier molecular flexibility index (Phi) is 5.83. The molecule has 20 heavy (non-hydrogen) atoms. The molecule has 1 heterocycles. The summed E-state index contributed by atoms with van der Waals surface area (Å²) >= 11 is 0. The van der Waals surface area contributed by atoms with Crippen LogP contribution in [0.1, 0.15) is 51.9 Å². The molecule has 0 aromatic heterocycles. The molecule has 2 rings (SSSR count). The molecule has 1 saturated heterocycles. The van der Waals surface area contributed by atoms with E-state index in [1.165, 1.54) is 25.7 Å². The fourth-order valence-electron chi connectivity index (χ4n) is 3.09. The van der Waals surface area contributed by atoms with Gasteiger partial charge in [0.25, 0.3) is 0 Å². The molecule has 5 nitrogen and oxygen atoms in total. The number of nitrogens with zero attached hydrogens (tertiary/aromatic N) is 1. The van der Waals surface area contributed by atoms with Crippen molar-refractivity contribution < 1.29 is 9.59 Å². The zero-order valence-electron chi connectivity index (χ0n) is 12.5. The van der Waals surface area contributed by atoms with E-state index in [1.54, 1.807) is 4.90 Å². The lowest BCUT2D eigenvalue weighted by Crippen LogP contribution is -2.47. The average Bonchev–Trinajstić information content (AvgIpc) is 2.76. The quantitative estimate of drug-likeness (QED) is 0.760. The van der Waals surface area contributed by atoms with Crippen LogP contribution in [0.3, 0.4) is 0 Å². The zero-order chi connectivity index (χ0) is 14.4. The van der Waals surface area contributed by atoms with E-state index in [-0.39, 0.29) is 24.4 Å². The van der Waals surface area contributed by atoms with Gasteiger partial charge in [-0.3, -0.25) is 9.59 Å². The van der Waals surface area contributed by atoms with Crippen LogP contribution in [-0.4, -0.2) is 48.4 Å². The molecule has 2 N–H and O–H groups in total. The van der Waals surface area contributed by atoms with Crippen molar-refractivity contribution in [1.82, 2.24) is 15.5 Å². The summed E-state index contributed by atoms with van der Waals surface area (Å²) in [5.41, 5.74) is 0. The first-order valence-electron chi connectivity index (χ1n) is 7.98. The van der Waals surface area contributed by atoms with Crippen LogP contribution in [-0.2, 0) is 9.59 Å². The van der Waals surface area contributed by atoms with Crippen molar-refractivity contribution in [2.45, 2.75) is 64.0 Å². The van der Waals surface area contributed by atoms with Crippen molar-refractivity contribution in [3.05, 3.63) is 0 Å². The number of amides is 2. The Bertz CT molecular complexity index is 338. The SMILES string of the molecule is CC1NCCCN(CC(=O)NC2CCCCCC2)C1=O. The Balaban J connectivity index is 1.81. The third kappa shape index (κ3) is 4.47. The Hall–Kier alpha value is -1.10. The van der Waals surface area contributed by atoms with E-state index in [0.29, 0.717) is 12.6 Å². The summed E-state index contributed by atoms with van der Waals surface area (Å²) in [4.78, 5) is 25.9. The zero-order valence-corrected chi connectivity index (χ0v) is 12.5. The first-order chi connectivity index (χ1) is 9.66. The Labute approximate surface area is 121 Å². The lowest BCUT2D eigenvalue weighted by atomic mass is 10.1. The van der Waals surface area contributed by atoms with Crippen LogP contribution in [0.2, 0.25) is 0 Å². The molecule has 114 valence electrons. The van der Waals surface area contributed by atoms with Crippen molar-refractivity contribution in [1.29, 1.82) is 0 Å². The normalized spacial score (nSPS) is 25.9. The van der Waals surface area contributed by atoms with E-state index in [0.717, 1.165) is 25.8 Å². The van der Waals surface area contributed by atoms with Gasteiger partial charge in [0.05, 0.1) is 12.6 Å². The lowest BCUT2D eigenvalue weighted by Gasteiger charge is -2.24. The van der Waals surface area contributed by atoms with Crippen LogP contribution in [0.25, 0.3) is 0 Å². The molecular weight excluding hydrogens is 254 g/mol. The van der Waals surface area contributed by atoms with E-state index in [9.17, 15) is 9.59 Å². The summed E-state index contributed by atoms with van der Waals surface area (Å²) in [6, 6.07) is 0.130. The van der Waals surface area contributed by atoms with Crippen LogP contribution in [0, 0.1) is 0 Å². The summed E-state index contributed by atoms with van der Waals surface area (Å²) in [5, 5.41) is 6.27. The van der Waals surface area contributed by atoms with Crippen LogP contribution in [0.5, 0.6) is 0 Å². The summed E-state index contributed by atoms with van der Waals surface area (Å²) in [7, 11) is 0. The summed E-state index contributed by atoms with van der Waals surface area (Å²) in [6.07, 6.45) is 8.03. The minimum atomic E-state index is -0.178. The maximum absolute atomic E-state index is 12.1. The molecule has 5 heteroatoms. The van der Waals surface area contributed by atoms with Crippen molar-refractivity contribution in [3.8, 4) is 0 Å². The van der Waals surface area contributed by atoms with Gasteiger partial charge in [-0.25, -0.2) is 0 Å². The van der Waals surface area contributed by atoms with Crippen LogP contribution < -0.4 is 10.6 Å². The van der Waals surface area contributed by atoms with Gasteiger partial charge in [0.1, 0.15) is 0 Å². The van der Waals surface area contributed by atoms with Gasteiger partial charge in [-0.15, -0.1) is 0 Å². The van der Waals surface area contributed by atoms with Crippen LogP contribution in [0.4, 0.5) is 0 Å². The van der Waals surface area contributed by atoms with E-state index < -0.39 is 0 Å². The topological polar surface area (TPSA) is 61.4 Å². The molecule has 0 aromatic rings. The molecule has 1 aliphatic heterocycles. The number of nitrogens with one attached hydrogen (secondary N) is 2. The smallest absolute Gasteiger partial charge is 0.239 e. The minimum absolute atomic E-state index is 0.000602. The van der Waals surface area contributed by atoms with E-state index in [1.807, 2.05) is 6.92 Å². The van der Waals surface area contributed by atoms with Gasteiger partial charge in [-0.1, -0.05) is 25.7 Å². The third-order valence-corrected chi connectivity index (χ3v) is 4.29. The van der Waals surface area contributed by atoms with Crippen LogP contribution >= 0.6 is 0 Å². The Morgan fingerprint density at radius 1 is 1.25 bits per heavy atom. The molecule has 0 aromatic carbocycles. The Morgan fingerprint density at radius 3 is 2.65 bits per heavy atom. The second-order valence-corrected chi connectivity index (χ2v) is 6.05. The molecule has 1 saturated carbocycles. The number of rotatable bonds is 3. The summed E-state index contributed by atoms with van der Waals surface area (Å²) in [5.74, 6) is 0.0397. The Morgan fingerprint density at radius 2 is 1.95 bits per heavy atom. The molecule has 1 aliphatic carbocycles. The molecule has 2 aliphatic rings. The van der Waals surface area contributed by atoms with Gasteiger partial charge in [-0.2, -0.15) is 0 Å². The van der Waals surface area contributed by atoms with Crippen LogP contribution in [0.15, 0.2) is 0 Å². The monoisotopic (exact) mass is 281 g/mol. The molecule has 0 radical (unpaired) electrons. The number of hydrogen-bond donors (Lipinski definition) is 2. The van der Waals surface area contributed by atoms with Gasteiger partial charge in [0, 0.05) is 12.6 Å². The van der Waals surface area contributed by atoms with Gasteiger partial charge >= 0.3 is 0 Å². The number of carbonyl (C=O) groups excluding carboxylic acids is 2. The van der Waals surface area contributed by atoms with Crippen molar-refractivity contribution in [2.24, 2.45) is 0 Å². The van der Waals surface area contributed by atoms with E-state index in [4.69, 9.17) is 0 Å². The number of carbonyl (C=O) groups is 2. The molecule has 0 spiro atoms. The van der Waals surface area contributed by atoms with Gasteiger partial charge in [0.2, 0.25) is 11.8 Å². The third-order valence-electron chi connectivity index (χ3n) is 4.29. The molecule has 0 bridgehead atoms. The molecule has 2 amide bonds. The highest BCUT2D eigenvalue weighted by atomic mass is 16.2. The predicted molar refractivity (Wildman–Crippen MR) is 78.3 cm³/mol. The fourth-order valence-corrected chi connectivity index (χ4v) is 3.09. The maximum Gasteiger partial charge on any atom is 0.239 e. The van der Waals surface area contributed by atoms with Crippen molar-refractivity contribution in [3.63, 3.8) is 0 Å². The highest BCUT2D eigenvalue weighted by molar-refractivity contribution is 5.87. The first-order valence-corrected chi connectivity index (χ1v) is 7.98. The highest BCUT2D eigenvalue weighted by Crippen LogP contribution is 2.17. The molecular formula is C15H27N3O2. The number of hydrogen-bond acceptors (Lipinski definition) is 3. The second-order valence-electron chi connectivity index (χ2n) is 6.05. The largest absolute Gasteiger partial charge is 0.352 e. The second kappa shape index (κ2) is 7.62. The standard InChI is InChI=1S/C15H27N3O2/c1-12-15(20)18(10-6-9-16-12)11-14(19)17-13-7-4-2-3-5-8-13/h12-13,16H,2-11H2,1H3,(H,17,19). The minimum Gasteiger partial charge on any atom is -0.352 e. The van der Waals surface area contributed by atoms with Gasteiger partial charge in [0.15, 0.2) is 0 Å². The molecule has 2 fully saturated rings. The van der Waals surface area contributed by atoms with E-state index >= 15 is 0 Å². The fraction of sp³-hybridized carbons (Fsp3) is 0.867. The van der Waals surface area contributed by atoms with Gasteiger partial charge in [-0.05, 0) is 32.7 Å². The average molecular weight is 281 g/mol. The van der Waals surface area contributed by atoms with E-state index in [2.05, 4.69) is 10.6 Å². The maximum atomic E-state index is 12.1. The molecule has 1 atom stereocenters. The van der Waals surface area contributed by atoms with Gasteiger partial charge < -0.3 is 15.5 Å². The highest BCUT2D eigenvalue weighted by Gasteiger charge is 2.25.